The lowest BCUT2D eigenvalue weighted by molar-refractivity contribution is -0.122. The third-order valence-electron chi connectivity index (χ3n) is 3.71. The molecule has 2 rings (SSSR count). The molecule has 126 valence electrons. The summed E-state index contributed by atoms with van der Waals surface area (Å²) in [5.74, 6) is -0.665. The van der Waals surface area contributed by atoms with Gasteiger partial charge in [-0.1, -0.05) is 18.2 Å². The summed E-state index contributed by atoms with van der Waals surface area (Å²) >= 11 is 0. The average molecular weight is 327 g/mol. The van der Waals surface area contributed by atoms with E-state index >= 15 is 0 Å². The van der Waals surface area contributed by atoms with Gasteiger partial charge in [0, 0.05) is 23.4 Å². The van der Waals surface area contributed by atoms with Crippen molar-refractivity contribution in [2.24, 2.45) is 0 Å². The number of aryl methyl sites for hydroxylation is 2. The minimum atomic E-state index is -0.706. The lowest BCUT2D eigenvalue weighted by Gasteiger charge is -2.15. The van der Waals surface area contributed by atoms with E-state index in [0.717, 1.165) is 11.3 Å². The van der Waals surface area contributed by atoms with Gasteiger partial charge in [-0.2, -0.15) is 0 Å². The highest BCUT2D eigenvalue weighted by Gasteiger charge is 2.17. The third-order valence-corrected chi connectivity index (χ3v) is 3.71. The summed E-state index contributed by atoms with van der Waals surface area (Å²) in [6, 6.07) is 9.82. The highest BCUT2D eigenvalue weighted by atomic mass is 16.2. The summed E-state index contributed by atoms with van der Waals surface area (Å²) in [5.41, 5.74) is 2.38. The summed E-state index contributed by atoms with van der Waals surface area (Å²) in [7, 11) is 0. The number of pyridine rings is 1. The first-order valence-electron chi connectivity index (χ1n) is 7.71. The number of carbonyl (C=O) groups excluding carboxylic acids is 2. The molecule has 6 heteroatoms. The smallest absolute Gasteiger partial charge is 0.253 e. The van der Waals surface area contributed by atoms with Crippen LogP contribution in [0.4, 0.5) is 0 Å². The zero-order valence-electron chi connectivity index (χ0n) is 14.0. The van der Waals surface area contributed by atoms with Gasteiger partial charge in [0.1, 0.15) is 6.04 Å². The van der Waals surface area contributed by atoms with Crippen LogP contribution in [0.2, 0.25) is 0 Å². The quantitative estimate of drug-likeness (QED) is 0.776. The average Bonchev–Trinajstić information content (AvgIpc) is 2.54. The Kier molecular flexibility index (Phi) is 5.52. The van der Waals surface area contributed by atoms with Gasteiger partial charge < -0.3 is 15.6 Å². The molecular weight excluding hydrogens is 306 g/mol. The number of carbonyl (C=O) groups is 2. The maximum absolute atomic E-state index is 12.1. The minimum absolute atomic E-state index is 0.117. The molecule has 2 aromatic rings. The van der Waals surface area contributed by atoms with Crippen LogP contribution in [0.25, 0.3) is 0 Å². The van der Waals surface area contributed by atoms with Crippen LogP contribution in [-0.2, 0) is 11.3 Å². The Balaban J connectivity index is 1.95. The monoisotopic (exact) mass is 327 g/mol. The first-order chi connectivity index (χ1) is 11.4. The van der Waals surface area contributed by atoms with E-state index in [0.29, 0.717) is 11.1 Å². The Morgan fingerprint density at radius 2 is 1.83 bits per heavy atom. The fourth-order valence-electron chi connectivity index (χ4n) is 2.36. The highest BCUT2D eigenvalue weighted by molar-refractivity contribution is 5.97. The van der Waals surface area contributed by atoms with Crippen molar-refractivity contribution in [2.75, 3.05) is 0 Å². The number of nitrogens with one attached hydrogen (secondary N) is 3. The molecule has 0 aliphatic carbocycles. The van der Waals surface area contributed by atoms with E-state index in [1.165, 1.54) is 0 Å². The van der Waals surface area contributed by atoms with E-state index in [1.54, 1.807) is 38.1 Å². The SMILES string of the molecule is Cc1cc(C)c(CNC(=O)C(C)NC(=O)c2ccccc2)c(=O)[nH]1. The second-order valence-corrected chi connectivity index (χ2v) is 5.72. The van der Waals surface area contributed by atoms with Gasteiger partial charge in [-0.05, 0) is 44.5 Å². The standard InChI is InChI=1S/C18H21N3O3/c1-11-9-12(2)20-18(24)15(11)10-19-16(22)13(3)21-17(23)14-7-5-4-6-8-14/h4-9,13H,10H2,1-3H3,(H,19,22)(H,20,24)(H,21,23). The number of rotatable bonds is 5. The van der Waals surface area contributed by atoms with Crippen molar-refractivity contribution in [1.82, 2.24) is 15.6 Å². The normalized spacial score (nSPS) is 11.6. The molecule has 1 heterocycles. The van der Waals surface area contributed by atoms with E-state index in [2.05, 4.69) is 15.6 Å². The highest BCUT2D eigenvalue weighted by Crippen LogP contribution is 2.03. The number of amides is 2. The molecule has 0 saturated carbocycles. The summed E-state index contributed by atoms with van der Waals surface area (Å²) in [6.07, 6.45) is 0. The van der Waals surface area contributed by atoms with Crippen molar-refractivity contribution >= 4 is 11.8 Å². The molecule has 3 N–H and O–H groups in total. The molecule has 6 nitrogen and oxygen atoms in total. The first kappa shape index (κ1) is 17.5. The van der Waals surface area contributed by atoms with Crippen LogP contribution in [0.3, 0.4) is 0 Å². The van der Waals surface area contributed by atoms with Crippen LogP contribution in [-0.4, -0.2) is 22.8 Å². The van der Waals surface area contributed by atoms with Gasteiger partial charge in [-0.3, -0.25) is 14.4 Å². The van der Waals surface area contributed by atoms with E-state index in [-0.39, 0.29) is 23.9 Å². The van der Waals surface area contributed by atoms with Crippen LogP contribution in [0, 0.1) is 13.8 Å². The largest absolute Gasteiger partial charge is 0.350 e. The number of benzene rings is 1. The summed E-state index contributed by atoms with van der Waals surface area (Å²) in [4.78, 5) is 38.8. The third kappa shape index (κ3) is 4.32. The van der Waals surface area contributed by atoms with Crippen LogP contribution < -0.4 is 16.2 Å². The second-order valence-electron chi connectivity index (χ2n) is 5.72. The lowest BCUT2D eigenvalue weighted by atomic mass is 10.1. The topological polar surface area (TPSA) is 91.1 Å². The Morgan fingerprint density at radius 3 is 2.46 bits per heavy atom. The molecule has 0 radical (unpaired) electrons. The zero-order chi connectivity index (χ0) is 17.7. The summed E-state index contributed by atoms with van der Waals surface area (Å²) < 4.78 is 0. The van der Waals surface area contributed by atoms with Gasteiger partial charge in [0.05, 0.1) is 0 Å². The summed E-state index contributed by atoms with van der Waals surface area (Å²) in [5, 5.41) is 5.32. The molecule has 1 aromatic heterocycles. The molecule has 0 fully saturated rings. The Bertz CT molecular complexity index is 797. The predicted molar refractivity (Wildman–Crippen MR) is 91.8 cm³/mol. The maximum atomic E-state index is 12.1. The molecule has 0 saturated heterocycles. The van der Waals surface area contributed by atoms with Crippen molar-refractivity contribution in [2.45, 2.75) is 33.4 Å². The number of H-pyrrole nitrogens is 1. The fraction of sp³-hybridized carbons (Fsp3) is 0.278. The van der Waals surface area contributed by atoms with E-state index in [9.17, 15) is 14.4 Å². The van der Waals surface area contributed by atoms with Gasteiger partial charge in [0.15, 0.2) is 0 Å². The Hall–Kier alpha value is -2.89. The predicted octanol–water partition coefficient (Wildman–Crippen LogP) is 1.43. The van der Waals surface area contributed by atoms with Gasteiger partial charge >= 0.3 is 0 Å². The summed E-state index contributed by atoms with van der Waals surface area (Å²) in [6.45, 7) is 5.34. The maximum Gasteiger partial charge on any atom is 0.253 e. The zero-order valence-corrected chi connectivity index (χ0v) is 14.0. The van der Waals surface area contributed by atoms with E-state index in [4.69, 9.17) is 0 Å². The van der Waals surface area contributed by atoms with E-state index < -0.39 is 6.04 Å². The number of hydrogen-bond donors (Lipinski definition) is 3. The van der Waals surface area contributed by atoms with Gasteiger partial charge in [-0.15, -0.1) is 0 Å². The first-order valence-corrected chi connectivity index (χ1v) is 7.71. The minimum Gasteiger partial charge on any atom is -0.350 e. The molecule has 1 aromatic carbocycles. The second kappa shape index (κ2) is 7.59. The Labute approximate surface area is 140 Å². The van der Waals surface area contributed by atoms with Crippen molar-refractivity contribution in [3.05, 3.63) is 69.1 Å². The molecule has 1 unspecified atom stereocenters. The molecule has 24 heavy (non-hydrogen) atoms. The molecular formula is C18H21N3O3. The van der Waals surface area contributed by atoms with Crippen molar-refractivity contribution in [1.29, 1.82) is 0 Å². The van der Waals surface area contributed by atoms with Crippen LogP contribution in [0.5, 0.6) is 0 Å². The molecule has 0 bridgehead atoms. The molecule has 1 atom stereocenters. The lowest BCUT2D eigenvalue weighted by Crippen LogP contribution is -2.45. The molecule has 0 aliphatic heterocycles. The molecule has 2 amide bonds. The fourth-order valence-corrected chi connectivity index (χ4v) is 2.36. The molecule has 0 aliphatic rings. The van der Waals surface area contributed by atoms with Gasteiger partial charge in [-0.25, -0.2) is 0 Å². The Morgan fingerprint density at radius 1 is 1.17 bits per heavy atom. The van der Waals surface area contributed by atoms with Crippen LogP contribution in [0.1, 0.15) is 34.1 Å². The van der Waals surface area contributed by atoms with Crippen LogP contribution >= 0.6 is 0 Å². The van der Waals surface area contributed by atoms with Crippen molar-refractivity contribution < 1.29 is 9.59 Å². The number of hydrogen-bond acceptors (Lipinski definition) is 3. The number of aromatic nitrogens is 1. The van der Waals surface area contributed by atoms with E-state index in [1.807, 2.05) is 19.1 Å². The van der Waals surface area contributed by atoms with Gasteiger partial charge in [0.25, 0.3) is 11.5 Å². The van der Waals surface area contributed by atoms with Crippen molar-refractivity contribution in [3.8, 4) is 0 Å². The number of aromatic amines is 1. The molecule has 0 spiro atoms. The van der Waals surface area contributed by atoms with Gasteiger partial charge in [0.2, 0.25) is 5.91 Å². The van der Waals surface area contributed by atoms with Crippen molar-refractivity contribution in [3.63, 3.8) is 0 Å². The van der Waals surface area contributed by atoms with Crippen LogP contribution in [0.15, 0.2) is 41.2 Å².